The van der Waals surface area contributed by atoms with Crippen LogP contribution in [0, 0.1) is 17.0 Å². The van der Waals surface area contributed by atoms with E-state index in [2.05, 4.69) is 4.74 Å². The second-order valence-electron chi connectivity index (χ2n) is 4.15. The van der Waals surface area contributed by atoms with Crippen LogP contribution in [0.15, 0.2) is 18.2 Å². The van der Waals surface area contributed by atoms with E-state index in [0.717, 1.165) is 0 Å². The first-order valence-corrected chi connectivity index (χ1v) is 6.01. The maximum Gasteiger partial charge on any atom is 0.325 e. The molecule has 0 aliphatic carbocycles. The van der Waals surface area contributed by atoms with E-state index in [1.807, 2.05) is 0 Å². The van der Waals surface area contributed by atoms with Gasteiger partial charge in [-0.2, -0.15) is 0 Å². The van der Waals surface area contributed by atoms with Gasteiger partial charge >= 0.3 is 5.97 Å². The van der Waals surface area contributed by atoms with Gasteiger partial charge in [-0.15, -0.1) is 0 Å². The molecular weight excluding hydrogens is 264 g/mol. The van der Waals surface area contributed by atoms with Crippen molar-refractivity contribution in [3.8, 4) is 0 Å². The second-order valence-corrected chi connectivity index (χ2v) is 4.15. The summed E-state index contributed by atoms with van der Waals surface area (Å²) in [7, 11) is 1.23. The van der Waals surface area contributed by atoms with Gasteiger partial charge in [0.2, 0.25) is 0 Å². The Hall–Kier alpha value is -2.44. The van der Waals surface area contributed by atoms with Crippen LogP contribution in [0.3, 0.4) is 0 Å². The van der Waals surface area contributed by atoms with Crippen LogP contribution in [0.25, 0.3) is 0 Å². The Labute approximate surface area is 116 Å². The van der Waals surface area contributed by atoms with E-state index in [4.69, 9.17) is 0 Å². The Bertz CT molecular complexity index is 542. The quantitative estimate of drug-likeness (QED) is 0.463. The van der Waals surface area contributed by atoms with Gasteiger partial charge in [-0.1, -0.05) is 6.07 Å². The number of rotatable bonds is 5. The minimum Gasteiger partial charge on any atom is -0.468 e. The van der Waals surface area contributed by atoms with Crippen LogP contribution in [0.4, 0.5) is 5.69 Å². The number of methoxy groups -OCH3 is 1. The molecule has 7 heteroatoms. The van der Waals surface area contributed by atoms with E-state index >= 15 is 0 Å². The highest BCUT2D eigenvalue weighted by Gasteiger charge is 2.20. The Morgan fingerprint density at radius 2 is 2.05 bits per heavy atom. The Balaban J connectivity index is 3.04. The van der Waals surface area contributed by atoms with Crippen LogP contribution in [0.5, 0.6) is 0 Å². The summed E-state index contributed by atoms with van der Waals surface area (Å²) < 4.78 is 4.51. The third-order valence-corrected chi connectivity index (χ3v) is 2.87. The highest BCUT2D eigenvalue weighted by Crippen LogP contribution is 2.20. The Kier molecular flexibility index (Phi) is 5.19. The van der Waals surface area contributed by atoms with E-state index in [1.165, 1.54) is 30.2 Å². The fourth-order valence-corrected chi connectivity index (χ4v) is 1.67. The molecule has 0 saturated heterocycles. The third kappa shape index (κ3) is 3.53. The second kappa shape index (κ2) is 6.65. The first kappa shape index (κ1) is 15.6. The van der Waals surface area contributed by atoms with Crippen molar-refractivity contribution in [2.45, 2.75) is 13.8 Å². The van der Waals surface area contributed by atoms with Gasteiger partial charge in [0.15, 0.2) is 0 Å². The van der Waals surface area contributed by atoms with Gasteiger partial charge in [0.1, 0.15) is 6.54 Å². The zero-order valence-electron chi connectivity index (χ0n) is 11.6. The monoisotopic (exact) mass is 280 g/mol. The number of amides is 1. The minimum absolute atomic E-state index is 0.120. The molecule has 0 aliphatic heterocycles. The molecule has 0 bridgehead atoms. The van der Waals surface area contributed by atoms with Crippen molar-refractivity contribution in [3.63, 3.8) is 0 Å². The van der Waals surface area contributed by atoms with Gasteiger partial charge in [0.25, 0.3) is 11.6 Å². The summed E-state index contributed by atoms with van der Waals surface area (Å²) in [4.78, 5) is 35.0. The maximum atomic E-state index is 12.2. The molecule has 1 rings (SSSR count). The molecule has 0 unspecified atom stereocenters. The number of hydrogen-bond acceptors (Lipinski definition) is 5. The fraction of sp³-hybridized carbons (Fsp3) is 0.385. The zero-order valence-corrected chi connectivity index (χ0v) is 11.6. The minimum atomic E-state index is -0.540. The molecule has 0 atom stereocenters. The van der Waals surface area contributed by atoms with Crippen molar-refractivity contribution >= 4 is 17.6 Å². The molecule has 0 aromatic heterocycles. The molecule has 0 radical (unpaired) electrons. The number of benzene rings is 1. The van der Waals surface area contributed by atoms with Crippen molar-refractivity contribution in [2.75, 3.05) is 20.2 Å². The van der Waals surface area contributed by atoms with Gasteiger partial charge in [0, 0.05) is 23.7 Å². The predicted molar refractivity (Wildman–Crippen MR) is 71.4 cm³/mol. The van der Waals surface area contributed by atoms with Crippen LogP contribution >= 0.6 is 0 Å². The van der Waals surface area contributed by atoms with E-state index < -0.39 is 16.8 Å². The third-order valence-electron chi connectivity index (χ3n) is 2.87. The molecule has 0 aliphatic rings. The SMILES string of the molecule is CCN(CC(=O)OC)C(=O)c1ccc(C)c([N+](=O)[O-])c1. The lowest BCUT2D eigenvalue weighted by Gasteiger charge is -2.19. The van der Waals surface area contributed by atoms with Gasteiger partial charge in [0.05, 0.1) is 12.0 Å². The van der Waals surface area contributed by atoms with Crippen LogP contribution in [-0.4, -0.2) is 41.9 Å². The molecule has 108 valence electrons. The maximum absolute atomic E-state index is 12.2. The number of nitrogens with zero attached hydrogens (tertiary/aromatic N) is 2. The molecule has 0 saturated carbocycles. The van der Waals surface area contributed by atoms with Crippen LogP contribution in [0.1, 0.15) is 22.8 Å². The highest BCUT2D eigenvalue weighted by atomic mass is 16.6. The van der Waals surface area contributed by atoms with E-state index in [0.29, 0.717) is 12.1 Å². The van der Waals surface area contributed by atoms with Crippen LogP contribution in [0.2, 0.25) is 0 Å². The van der Waals surface area contributed by atoms with E-state index in [1.54, 1.807) is 13.8 Å². The lowest BCUT2D eigenvalue weighted by molar-refractivity contribution is -0.385. The number of nitro benzene ring substituents is 1. The summed E-state index contributed by atoms with van der Waals surface area (Å²) in [5.74, 6) is -0.984. The number of aryl methyl sites for hydroxylation is 1. The van der Waals surface area contributed by atoms with Crippen LogP contribution < -0.4 is 0 Å². The van der Waals surface area contributed by atoms with Crippen molar-refractivity contribution in [1.82, 2.24) is 4.90 Å². The normalized spacial score (nSPS) is 9.95. The topological polar surface area (TPSA) is 89.8 Å². The molecule has 1 aromatic rings. The highest BCUT2D eigenvalue weighted by molar-refractivity contribution is 5.96. The lowest BCUT2D eigenvalue weighted by Crippen LogP contribution is -2.36. The summed E-state index contributed by atoms with van der Waals surface area (Å²) >= 11 is 0. The lowest BCUT2D eigenvalue weighted by atomic mass is 10.1. The summed E-state index contributed by atoms with van der Waals surface area (Å²) in [5, 5.41) is 10.9. The first-order chi connectivity index (χ1) is 9.40. The van der Waals surface area contributed by atoms with Crippen LogP contribution in [-0.2, 0) is 9.53 Å². The smallest absolute Gasteiger partial charge is 0.325 e. The molecule has 20 heavy (non-hydrogen) atoms. The molecule has 1 amide bonds. The van der Waals surface area contributed by atoms with Crippen molar-refractivity contribution in [1.29, 1.82) is 0 Å². The summed E-state index contributed by atoms with van der Waals surface area (Å²) in [5.41, 5.74) is 0.528. The van der Waals surface area contributed by atoms with Crippen molar-refractivity contribution in [3.05, 3.63) is 39.4 Å². The van der Waals surface area contributed by atoms with Crippen molar-refractivity contribution in [2.24, 2.45) is 0 Å². The average Bonchev–Trinajstić information content (AvgIpc) is 2.43. The molecule has 1 aromatic carbocycles. The number of esters is 1. The number of ether oxygens (including phenoxy) is 1. The number of likely N-dealkylation sites (N-methyl/N-ethyl adjacent to an activating group) is 1. The van der Waals surface area contributed by atoms with E-state index in [9.17, 15) is 19.7 Å². The molecule has 0 heterocycles. The Morgan fingerprint density at radius 3 is 2.55 bits per heavy atom. The summed E-state index contributed by atoms with van der Waals surface area (Å²) in [6.45, 7) is 3.42. The fourth-order valence-electron chi connectivity index (χ4n) is 1.67. The average molecular weight is 280 g/mol. The molecule has 0 N–H and O–H groups in total. The largest absolute Gasteiger partial charge is 0.468 e. The van der Waals surface area contributed by atoms with Gasteiger partial charge in [-0.25, -0.2) is 0 Å². The summed E-state index contributed by atoms with van der Waals surface area (Å²) in [6, 6.07) is 4.24. The predicted octanol–water partition coefficient (Wildman–Crippen LogP) is 1.54. The number of hydrogen-bond donors (Lipinski definition) is 0. The standard InChI is InChI=1S/C13H16N2O5/c1-4-14(8-12(16)20-3)13(17)10-6-5-9(2)11(7-10)15(18)19/h5-7H,4,8H2,1-3H3. The molecular formula is C13H16N2O5. The molecule has 0 spiro atoms. The first-order valence-electron chi connectivity index (χ1n) is 6.01. The molecule has 7 nitrogen and oxygen atoms in total. The summed E-state index contributed by atoms with van der Waals surface area (Å²) in [6.07, 6.45) is 0. The number of carbonyl (C=O) groups is 2. The van der Waals surface area contributed by atoms with Gasteiger partial charge in [-0.05, 0) is 19.9 Å². The zero-order chi connectivity index (χ0) is 15.3. The van der Waals surface area contributed by atoms with Crippen molar-refractivity contribution < 1.29 is 19.2 Å². The Morgan fingerprint density at radius 1 is 1.40 bits per heavy atom. The van der Waals surface area contributed by atoms with Gasteiger partial charge < -0.3 is 9.64 Å². The number of carbonyl (C=O) groups excluding carboxylic acids is 2. The van der Waals surface area contributed by atoms with Gasteiger partial charge in [-0.3, -0.25) is 19.7 Å². The van der Waals surface area contributed by atoms with E-state index in [-0.39, 0.29) is 17.8 Å². The molecule has 0 fully saturated rings. The number of nitro groups is 1.